The maximum atomic E-state index is 12.9. The number of anilines is 1. The second-order valence-electron chi connectivity index (χ2n) is 3.11. The molecule has 1 atom stereocenters. The molecule has 0 radical (unpaired) electrons. The molecule has 1 unspecified atom stereocenters. The molecule has 1 N–H and O–H groups in total. The first-order valence-electron chi connectivity index (χ1n) is 4.12. The Bertz CT molecular complexity index is 336. The van der Waals surface area contributed by atoms with Gasteiger partial charge in [0.05, 0.1) is 5.69 Å². The van der Waals surface area contributed by atoms with Gasteiger partial charge < -0.3 is 4.72 Å². The van der Waals surface area contributed by atoms with Crippen LogP contribution in [-0.2, 0) is 11.0 Å². The molecule has 0 aliphatic carbocycles. The first-order valence-corrected chi connectivity index (χ1v) is 6.13. The average molecular weight is 280 g/mol. The molecule has 0 aliphatic heterocycles. The topological polar surface area (TPSA) is 29.1 Å². The Labute approximate surface area is 93.6 Å². The van der Waals surface area contributed by atoms with Crippen molar-refractivity contribution in [3.05, 3.63) is 28.5 Å². The van der Waals surface area contributed by atoms with Crippen LogP contribution in [0, 0.1) is 5.82 Å². The number of halogens is 2. The minimum Gasteiger partial charge on any atom is -0.305 e. The van der Waals surface area contributed by atoms with Gasteiger partial charge >= 0.3 is 0 Å². The Balaban J connectivity index is 2.82. The van der Waals surface area contributed by atoms with E-state index in [9.17, 15) is 8.60 Å². The molecule has 1 rings (SSSR count). The third-order valence-corrected chi connectivity index (χ3v) is 3.26. The number of hydrogen-bond donors (Lipinski definition) is 1. The van der Waals surface area contributed by atoms with Crippen molar-refractivity contribution in [2.45, 2.75) is 19.1 Å². The summed E-state index contributed by atoms with van der Waals surface area (Å²) in [6.45, 7) is 3.66. The van der Waals surface area contributed by atoms with Crippen molar-refractivity contribution in [1.82, 2.24) is 0 Å². The van der Waals surface area contributed by atoms with Crippen LogP contribution in [0.15, 0.2) is 22.7 Å². The molecule has 5 heteroatoms. The summed E-state index contributed by atoms with van der Waals surface area (Å²) in [7, 11) is -1.18. The molecule has 0 heterocycles. The minimum atomic E-state index is -1.18. The van der Waals surface area contributed by atoms with Crippen molar-refractivity contribution in [2.24, 2.45) is 0 Å². The molecular formula is C9H11BrFNOS. The third kappa shape index (κ3) is 3.38. The van der Waals surface area contributed by atoms with E-state index in [0.717, 1.165) is 0 Å². The molecule has 0 spiro atoms. The number of hydrogen-bond acceptors (Lipinski definition) is 1. The summed E-state index contributed by atoms with van der Waals surface area (Å²) in [5.74, 6) is -0.359. The van der Waals surface area contributed by atoms with Gasteiger partial charge in [0, 0.05) is 9.72 Å². The van der Waals surface area contributed by atoms with Gasteiger partial charge in [0.25, 0.3) is 0 Å². The van der Waals surface area contributed by atoms with Gasteiger partial charge in [0.2, 0.25) is 0 Å². The summed E-state index contributed by atoms with van der Waals surface area (Å²) >= 11 is 3.16. The van der Waals surface area contributed by atoms with Gasteiger partial charge in [0.15, 0.2) is 0 Å². The fraction of sp³-hybridized carbons (Fsp3) is 0.333. The highest BCUT2D eigenvalue weighted by Gasteiger charge is 2.06. The second kappa shape index (κ2) is 4.89. The summed E-state index contributed by atoms with van der Waals surface area (Å²) in [4.78, 5) is 0. The summed E-state index contributed by atoms with van der Waals surface area (Å²) in [6, 6.07) is 4.35. The Hall–Kier alpha value is -0.420. The van der Waals surface area contributed by atoms with E-state index in [1.165, 1.54) is 12.1 Å². The molecule has 0 fully saturated rings. The van der Waals surface area contributed by atoms with Gasteiger partial charge in [-0.1, -0.05) is 15.9 Å². The van der Waals surface area contributed by atoms with Crippen molar-refractivity contribution in [2.75, 3.05) is 4.72 Å². The third-order valence-electron chi connectivity index (χ3n) is 1.51. The standard InChI is InChI=1S/C9H11BrFNOS/c1-6(2)14(13)12-9-4-7(10)3-8(11)5-9/h3-6,12H,1-2H3. The zero-order valence-electron chi connectivity index (χ0n) is 7.88. The first kappa shape index (κ1) is 11.7. The fourth-order valence-corrected chi connectivity index (χ4v) is 1.90. The zero-order chi connectivity index (χ0) is 10.7. The van der Waals surface area contributed by atoms with Crippen molar-refractivity contribution in [1.29, 1.82) is 0 Å². The van der Waals surface area contributed by atoms with E-state index in [1.54, 1.807) is 6.07 Å². The molecular weight excluding hydrogens is 269 g/mol. The highest BCUT2D eigenvalue weighted by atomic mass is 79.9. The average Bonchev–Trinajstić information content (AvgIpc) is 2.01. The SMILES string of the molecule is CC(C)S(=O)Nc1cc(F)cc(Br)c1. The zero-order valence-corrected chi connectivity index (χ0v) is 10.3. The van der Waals surface area contributed by atoms with Gasteiger partial charge in [-0.3, -0.25) is 0 Å². The summed E-state index contributed by atoms with van der Waals surface area (Å²) in [5.41, 5.74) is 0.518. The Morgan fingerprint density at radius 2 is 2.07 bits per heavy atom. The first-order chi connectivity index (χ1) is 6.49. The van der Waals surface area contributed by atoms with Gasteiger partial charge in [-0.15, -0.1) is 0 Å². The van der Waals surface area contributed by atoms with Gasteiger partial charge in [-0.2, -0.15) is 0 Å². The summed E-state index contributed by atoms with van der Waals surface area (Å²) < 4.78 is 27.7. The molecule has 0 aliphatic rings. The largest absolute Gasteiger partial charge is 0.305 e. The van der Waals surface area contributed by atoms with Crippen LogP contribution in [0.2, 0.25) is 0 Å². The Morgan fingerprint density at radius 3 is 2.57 bits per heavy atom. The van der Waals surface area contributed by atoms with Crippen LogP contribution < -0.4 is 4.72 Å². The lowest BCUT2D eigenvalue weighted by Crippen LogP contribution is -2.14. The number of rotatable bonds is 3. The van der Waals surface area contributed by atoms with E-state index in [4.69, 9.17) is 0 Å². The number of benzene rings is 1. The fourth-order valence-electron chi connectivity index (χ4n) is 0.847. The monoisotopic (exact) mass is 279 g/mol. The highest BCUT2D eigenvalue weighted by Crippen LogP contribution is 2.19. The molecule has 2 nitrogen and oxygen atoms in total. The Kier molecular flexibility index (Phi) is 4.07. The van der Waals surface area contributed by atoms with Crippen molar-refractivity contribution in [3.8, 4) is 0 Å². The smallest absolute Gasteiger partial charge is 0.126 e. The Morgan fingerprint density at radius 1 is 1.43 bits per heavy atom. The van der Waals surface area contributed by atoms with Crippen LogP contribution in [0.5, 0.6) is 0 Å². The molecule has 0 saturated heterocycles. The van der Waals surface area contributed by atoms with Crippen LogP contribution in [0.25, 0.3) is 0 Å². The van der Waals surface area contributed by atoms with E-state index in [0.29, 0.717) is 10.2 Å². The number of nitrogens with one attached hydrogen (secondary N) is 1. The van der Waals surface area contributed by atoms with E-state index in [2.05, 4.69) is 20.7 Å². The quantitative estimate of drug-likeness (QED) is 0.905. The maximum Gasteiger partial charge on any atom is 0.126 e. The van der Waals surface area contributed by atoms with Gasteiger partial charge in [-0.25, -0.2) is 8.60 Å². The van der Waals surface area contributed by atoms with Crippen LogP contribution >= 0.6 is 15.9 Å². The van der Waals surface area contributed by atoms with Crippen LogP contribution in [0.3, 0.4) is 0 Å². The van der Waals surface area contributed by atoms with Crippen molar-refractivity contribution in [3.63, 3.8) is 0 Å². The van der Waals surface area contributed by atoms with E-state index in [1.807, 2.05) is 13.8 Å². The van der Waals surface area contributed by atoms with E-state index >= 15 is 0 Å². The molecule has 0 aromatic heterocycles. The lowest BCUT2D eigenvalue weighted by molar-refractivity contribution is 0.627. The highest BCUT2D eigenvalue weighted by molar-refractivity contribution is 9.10. The van der Waals surface area contributed by atoms with Gasteiger partial charge in [0.1, 0.15) is 16.8 Å². The van der Waals surface area contributed by atoms with Crippen LogP contribution in [0.4, 0.5) is 10.1 Å². The minimum absolute atomic E-state index is 0.00274. The normalized spacial score (nSPS) is 12.9. The predicted molar refractivity (Wildman–Crippen MR) is 61.0 cm³/mol. The predicted octanol–water partition coefficient (Wildman–Crippen LogP) is 3.07. The molecule has 1 aromatic carbocycles. The lowest BCUT2D eigenvalue weighted by atomic mass is 10.3. The summed E-state index contributed by atoms with van der Waals surface area (Å²) in [6.07, 6.45) is 0. The molecule has 0 saturated carbocycles. The summed E-state index contributed by atoms with van der Waals surface area (Å²) in [5, 5.41) is -0.00274. The van der Waals surface area contributed by atoms with E-state index < -0.39 is 11.0 Å². The second-order valence-corrected chi connectivity index (χ2v) is 5.76. The van der Waals surface area contributed by atoms with Crippen LogP contribution in [-0.4, -0.2) is 9.46 Å². The molecule has 14 heavy (non-hydrogen) atoms. The lowest BCUT2D eigenvalue weighted by Gasteiger charge is -2.08. The van der Waals surface area contributed by atoms with Crippen molar-refractivity contribution >= 4 is 32.6 Å². The van der Waals surface area contributed by atoms with Gasteiger partial charge in [-0.05, 0) is 32.0 Å². The molecule has 1 aromatic rings. The molecule has 78 valence electrons. The molecule has 0 bridgehead atoms. The van der Waals surface area contributed by atoms with Crippen LogP contribution in [0.1, 0.15) is 13.8 Å². The molecule has 0 amide bonds. The van der Waals surface area contributed by atoms with E-state index in [-0.39, 0.29) is 11.1 Å². The van der Waals surface area contributed by atoms with Crippen molar-refractivity contribution < 1.29 is 8.60 Å². The maximum absolute atomic E-state index is 12.9.